The van der Waals surface area contributed by atoms with E-state index in [1.54, 1.807) is 12.1 Å². The second-order valence-corrected chi connectivity index (χ2v) is 12.7. The van der Waals surface area contributed by atoms with Crippen LogP contribution in [0.4, 0.5) is 5.13 Å². The number of carboxylic acid groups (broad SMARTS) is 1. The van der Waals surface area contributed by atoms with Gasteiger partial charge in [-0.1, -0.05) is 5.16 Å². The number of oxime groups is 1. The highest BCUT2D eigenvalue weighted by Crippen LogP contribution is 2.40. The average molecular weight is 681 g/mol. The van der Waals surface area contributed by atoms with Crippen molar-refractivity contribution in [2.75, 3.05) is 18.9 Å². The Bertz CT molecular complexity index is 1730. The van der Waals surface area contributed by atoms with E-state index in [1.807, 2.05) is 40.8 Å². The summed E-state index contributed by atoms with van der Waals surface area (Å²) < 4.78 is 45.2. The highest BCUT2D eigenvalue weighted by atomic mass is 32.3. The quantitative estimate of drug-likeness (QED) is 0.0532. The molecule has 2 aromatic heterocycles. The van der Waals surface area contributed by atoms with Crippen LogP contribution in [0.2, 0.25) is 0 Å². The lowest BCUT2D eigenvalue weighted by molar-refractivity contribution is -0.772. The summed E-state index contributed by atoms with van der Waals surface area (Å²) in [6, 6.07) is 8.96. The zero-order chi connectivity index (χ0) is 33.8. The van der Waals surface area contributed by atoms with Gasteiger partial charge < -0.3 is 26.1 Å². The molecule has 46 heavy (non-hydrogen) atoms. The van der Waals surface area contributed by atoms with E-state index in [0.717, 1.165) is 35.6 Å². The van der Waals surface area contributed by atoms with Crippen molar-refractivity contribution >= 4 is 50.2 Å². The Balaban J connectivity index is 1.45. The van der Waals surface area contributed by atoms with E-state index in [0.29, 0.717) is 17.4 Å². The number of nitrogens with two attached hydrogens (primary N) is 2. The van der Waals surface area contributed by atoms with Crippen LogP contribution < -0.4 is 20.9 Å². The van der Waals surface area contributed by atoms with Gasteiger partial charge in [0.05, 0.1) is 18.5 Å². The Morgan fingerprint density at radius 2 is 1.93 bits per heavy atom. The third-order valence-electron chi connectivity index (χ3n) is 7.29. The van der Waals surface area contributed by atoms with Crippen LogP contribution in [0.5, 0.6) is 5.75 Å². The molecular formula is C27H34N7O10S2+. The smallest absolute Gasteiger partial charge is 0.418 e. The molecule has 0 aliphatic carbocycles. The number of β-lactam (4-membered cyclic amide) rings is 1. The summed E-state index contributed by atoms with van der Waals surface area (Å²) >= 11 is 0.988. The highest BCUT2D eigenvalue weighted by molar-refractivity contribution is 7.80. The Labute approximate surface area is 267 Å². The first-order chi connectivity index (χ1) is 21.6. The van der Waals surface area contributed by atoms with Gasteiger partial charge in [-0.25, -0.2) is 9.78 Å². The number of benzene rings is 1. The maximum atomic E-state index is 13.3. The number of hydroxylamine groups is 2. The fourth-order valence-corrected chi connectivity index (χ4v) is 5.71. The summed E-state index contributed by atoms with van der Waals surface area (Å²) in [6.45, 7) is 3.74. The van der Waals surface area contributed by atoms with Crippen LogP contribution in [-0.2, 0) is 47.5 Å². The molecule has 0 bridgehead atoms. The average Bonchev–Trinajstić information content (AvgIpc) is 3.59. The Morgan fingerprint density at radius 3 is 2.50 bits per heavy atom. The zero-order valence-electron chi connectivity index (χ0n) is 25.1. The van der Waals surface area contributed by atoms with Crippen molar-refractivity contribution in [2.24, 2.45) is 23.9 Å². The maximum absolute atomic E-state index is 13.3. The lowest BCUT2D eigenvalue weighted by atomic mass is 9.74. The van der Waals surface area contributed by atoms with Crippen molar-refractivity contribution in [3.8, 4) is 17.0 Å². The lowest BCUT2D eigenvalue weighted by Gasteiger charge is -2.50. The molecule has 1 fully saturated rings. The van der Waals surface area contributed by atoms with E-state index in [2.05, 4.69) is 14.4 Å². The number of carboxylic acids is 1. The van der Waals surface area contributed by atoms with Gasteiger partial charge in [-0.05, 0) is 44.7 Å². The topological polar surface area (TPSA) is 243 Å². The van der Waals surface area contributed by atoms with Gasteiger partial charge in [-0.2, -0.15) is 18.2 Å². The number of rotatable bonds is 16. The molecule has 2 atom stereocenters. The fraction of sp³-hybridized carbons (Fsp3) is 0.407. The van der Waals surface area contributed by atoms with Gasteiger partial charge in [0.1, 0.15) is 23.7 Å². The van der Waals surface area contributed by atoms with Crippen LogP contribution in [-0.4, -0.2) is 81.0 Å². The van der Waals surface area contributed by atoms with Gasteiger partial charge in [-0.15, -0.1) is 20.3 Å². The molecule has 0 spiro atoms. The summed E-state index contributed by atoms with van der Waals surface area (Å²) in [5.41, 5.74) is 11.4. The van der Waals surface area contributed by atoms with Crippen molar-refractivity contribution in [3.63, 3.8) is 0 Å². The van der Waals surface area contributed by atoms with Crippen LogP contribution in [0.3, 0.4) is 0 Å². The van der Waals surface area contributed by atoms with Gasteiger partial charge in [-0.3, -0.25) is 14.1 Å². The van der Waals surface area contributed by atoms with E-state index in [9.17, 15) is 27.9 Å². The van der Waals surface area contributed by atoms with Gasteiger partial charge in [0, 0.05) is 29.9 Å². The normalized spacial score (nSPS) is 17.0. The van der Waals surface area contributed by atoms with Crippen LogP contribution in [0, 0.1) is 5.92 Å². The van der Waals surface area contributed by atoms with Gasteiger partial charge >= 0.3 is 16.4 Å². The third kappa shape index (κ3) is 7.85. The van der Waals surface area contributed by atoms with Gasteiger partial charge in [0.15, 0.2) is 29.4 Å². The number of nitrogens with zero attached hydrogens (tertiary/aromatic N) is 5. The first-order valence-electron chi connectivity index (χ1n) is 13.8. The van der Waals surface area contributed by atoms with Crippen LogP contribution in [0.25, 0.3) is 11.3 Å². The van der Waals surface area contributed by atoms with E-state index >= 15 is 0 Å². The van der Waals surface area contributed by atoms with Crippen LogP contribution >= 0.6 is 11.3 Å². The van der Waals surface area contributed by atoms with E-state index in [-0.39, 0.29) is 10.8 Å². The number of aliphatic carboxylic acids is 1. The number of carbonyl (C=O) groups is 3. The molecule has 248 valence electrons. The summed E-state index contributed by atoms with van der Waals surface area (Å²) in [5.74, 6) is -3.79. The lowest BCUT2D eigenvalue weighted by Crippen LogP contribution is -2.68. The molecule has 1 amide bonds. The molecule has 1 aliphatic rings. The molecule has 1 saturated heterocycles. The molecule has 19 heteroatoms. The molecule has 1 aliphatic heterocycles. The van der Waals surface area contributed by atoms with Crippen molar-refractivity contribution < 1.29 is 51.0 Å². The standard InChI is InChI=1S/C27H33N7O10S2/c1-27(2)18(24(36)34(27)44-46(39,40)41)13-21(35)23(19-15-45-26(29)30-19)31-43-22(25(37)38)14-42-17-7-5-16(6-8-17)20-9-12-33(32(20)3)11-4-10-28/h5-9,12,15,18,22H,4,10-11,13-14,28H2,1-3H3,(H3-,29,30,37,38,39,40,41)/p+1/b31-23-/t18-,22+/m1/s1. The molecule has 3 aromatic rings. The first-order valence-corrected chi connectivity index (χ1v) is 16.1. The summed E-state index contributed by atoms with van der Waals surface area (Å²) in [7, 11) is -3.05. The van der Waals surface area contributed by atoms with Crippen molar-refractivity contribution in [1.29, 1.82) is 0 Å². The second-order valence-electron chi connectivity index (χ2n) is 10.8. The zero-order valence-corrected chi connectivity index (χ0v) is 26.7. The first kappa shape index (κ1) is 34.4. The molecule has 0 radical (unpaired) electrons. The van der Waals surface area contributed by atoms with Crippen molar-refractivity contribution in [1.82, 2.24) is 14.7 Å². The molecule has 0 unspecified atom stereocenters. The summed E-state index contributed by atoms with van der Waals surface area (Å²) in [5, 5.41) is 15.5. The van der Waals surface area contributed by atoms with E-state index in [1.165, 1.54) is 19.2 Å². The number of aromatic nitrogens is 3. The molecule has 1 aromatic carbocycles. The Kier molecular flexibility index (Phi) is 10.4. The minimum Gasteiger partial charge on any atom is -0.489 e. The number of ether oxygens (including phenoxy) is 1. The number of ketones is 1. The van der Waals surface area contributed by atoms with Crippen LogP contribution in [0.1, 0.15) is 32.4 Å². The number of hydrogen-bond acceptors (Lipinski definition) is 13. The van der Waals surface area contributed by atoms with E-state index < -0.39 is 64.4 Å². The number of Topliss-reactive ketones (excluding diaryl/α,β-unsaturated/α-hetero) is 1. The van der Waals surface area contributed by atoms with Crippen LogP contribution in [0.15, 0.2) is 47.1 Å². The van der Waals surface area contributed by atoms with E-state index in [4.69, 9.17) is 25.6 Å². The molecule has 3 heterocycles. The minimum absolute atomic E-state index is 0.0196. The summed E-state index contributed by atoms with van der Waals surface area (Å²) in [6.07, 6.45) is 0.659. The highest BCUT2D eigenvalue weighted by Gasteiger charge is 2.57. The number of thiazole rings is 1. The minimum atomic E-state index is -4.99. The SMILES string of the molecule is Cn1c(-c2ccc(OC[C@H](O/N=C(\C(=O)C[C@@H]3C(=O)N(OS(=O)(=O)O)C3(C)C)c3csc(N)n3)C(=O)O)cc2)cc[n+]1CCCN. The number of aryl methyl sites for hydroxylation is 1. The Morgan fingerprint density at radius 1 is 1.24 bits per heavy atom. The predicted molar refractivity (Wildman–Crippen MR) is 162 cm³/mol. The van der Waals surface area contributed by atoms with Gasteiger partial charge in [0.25, 0.3) is 12.0 Å². The van der Waals surface area contributed by atoms with Crippen molar-refractivity contribution in [3.05, 3.63) is 47.6 Å². The monoisotopic (exact) mass is 680 g/mol. The number of hydrogen-bond donors (Lipinski definition) is 4. The predicted octanol–water partition coefficient (Wildman–Crippen LogP) is 0.551. The summed E-state index contributed by atoms with van der Waals surface area (Å²) in [4.78, 5) is 47.1. The van der Waals surface area contributed by atoms with Crippen molar-refractivity contribution in [2.45, 2.75) is 44.9 Å². The molecule has 17 nitrogen and oxygen atoms in total. The number of nitrogen functional groups attached to an aromatic ring is 1. The largest absolute Gasteiger partial charge is 0.489 e. The third-order valence-corrected chi connectivity index (χ3v) is 8.30. The number of amides is 1. The second kappa shape index (κ2) is 13.9. The molecule has 4 rings (SSSR count). The molecule has 6 N–H and O–H groups in total. The van der Waals surface area contributed by atoms with Gasteiger partial charge in [0.2, 0.25) is 0 Å². The maximum Gasteiger partial charge on any atom is 0.418 e. The fourth-order valence-electron chi connectivity index (χ4n) is 4.71. The molecule has 0 saturated carbocycles. The Hall–Kier alpha value is -4.43. The number of anilines is 1. The number of carbonyl (C=O) groups excluding carboxylic acids is 2. The molecular weight excluding hydrogens is 646 g/mol.